The molecule has 9 nitrogen and oxygen atoms in total. The highest BCUT2D eigenvalue weighted by Crippen LogP contribution is 2.22. The average molecular weight is 498 g/mol. The molecule has 0 aliphatic rings. The first-order chi connectivity index (χ1) is 15.3. The van der Waals surface area contributed by atoms with E-state index in [-0.39, 0.29) is 17.6 Å². The second kappa shape index (κ2) is 20.7. The van der Waals surface area contributed by atoms with Crippen LogP contribution in [0.1, 0.15) is 33.6 Å². The van der Waals surface area contributed by atoms with E-state index in [0.29, 0.717) is 71.4 Å². The van der Waals surface area contributed by atoms with Crippen molar-refractivity contribution in [1.29, 1.82) is 0 Å². The third-order valence-corrected chi connectivity index (χ3v) is 6.75. The maximum absolute atomic E-state index is 11.9. The number of carbonyl (C=O) groups is 3. The van der Waals surface area contributed by atoms with Gasteiger partial charge in [-0.2, -0.15) is 0 Å². The van der Waals surface area contributed by atoms with Gasteiger partial charge in [0.05, 0.1) is 52.9 Å². The summed E-state index contributed by atoms with van der Waals surface area (Å²) in [6.45, 7) is 9.22. The van der Waals surface area contributed by atoms with Gasteiger partial charge >= 0.3 is 5.97 Å². The van der Waals surface area contributed by atoms with E-state index in [2.05, 4.69) is 0 Å². The Morgan fingerprint density at radius 2 is 1.22 bits per heavy atom. The molecule has 0 heterocycles. The van der Waals surface area contributed by atoms with Crippen molar-refractivity contribution in [1.82, 2.24) is 4.90 Å². The van der Waals surface area contributed by atoms with Gasteiger partial charge in [0.25, 0.3) is 0 Å². The van der Waals surface area contributed by atoms with Gasteiger partial charge in [-0.05, 0) is 6.92 Å². The fourth-order valence-corrected chi connectivity index (χ4v) is 3.96. The van der Waals surface area contributed by atoms with Gasteiger partial charge in [-0.15, -0.1) is 0 Å². The number of likely N-dealkylation sites (N-methyl/N-ethyl adjacent to an activating group) is 1. The SMILES string of the molecule is CC(C)C(=O)CCOCCOCCOCCOCCSSCCC(=O)N(C)C(C)C(=O)O. The van der Waals surface area contributed by atoms with Gasteiger partial charge in [0, 0.05) is 37.3 Å². The first kappa shape index (κ1) is 31.1. The molecule has 1 amide bonds. The number of ketones is 1. The molecule has 0 aliphatic carbocycles. The minimum absolute atomic E-state index is 0.0558. The molecule has 1 atom stereocenters. The number of carboxylic acid groups (broad SMARTS) is 1. The number of hydrogen-bond acceptors (Lipinski definition) is 9. The summed E-state index contributed by atoms with van der Waals surface area (Å²) < 4.78 is 21.6. The lowest BCUT2D eigenvalue weighted by Gasteiger charge is -2.21. The molecule has 0 aromatic rings. The maximum atomic E-state index is 11.9. The van der Waals surface area contributed by atoms with Crippen molar-refractivity contribution in [2.75, 3.05) is 71.4 Å². The van der Waals surface area contributed by atoms with Crippen molar-refractivity contribution in [2.45, 2.75) is 39.7 Å². The fraction of sp³-hybridized carbons (Fsp3) is 0.857. The molecule has 0 spiro atoms. The molecule has 0 rings (SSSR count). The van der Waals surface area contributed by atoms with Crippen LogP contribution in [0.15, 0.2) is 0 Å². The smallest absolute Gasteiger partial charge is 0.326 e. The molecular formula is C21H39NO8S2. The van der Waals surface area contributed by atoms with Crippen LogP contribution in [-0.2, 0) is 33.3 Å². The maximum Gasteiger partial charge on any atom is 0.326 e. The highest BCUT2D eigenvalue weighted by atomic mass is 33.1. The summed E-state index contributed by atoms with van der Waals surface area (Å²) in [7, 11) is 4.70. The molecule has 0 saturated carbocycles. The molecule has 0 aromatic carbocycles. The van der Waals surface area contributed by atoms with Crippen LogP contribution in [0, 0.1) is 5.92 Å². The number of carboxylic acids is 1. The molecule has 1 unspecified atom stereocenters. The van der Waals surface area contributed by atoms with E-state index in [1.165, 1.54) is 18.9 Å². The lowest BCUT2D eigenvalue weighted by atomic mass is 10.1. The van der Waals surface area contributed by atoms with Crippen LogP contribution in [0.3, 0.4) is 0 Å². The highest BCUT2D eigenvalue weighted by Gasteiger charge is 2.20. The van der Waals surface area contributed by atoms with E-state index in [9.17, 15) is 14.4 Å². The molecule has 0 saturated heterocycles. The normalized spacial score (nSPS) is 12.2. The van der Waals surface area contributed by atoms with E-state index in [1.807, 2.05) is 13.8 Å². The molecule has 188 valence electrons. The molecule has 0 aliphatic heterocycles. The summed E-state index contributed by atoms with van der Waals surface area (Å²) in [5.41, 5.74) is 0. The van der Waals surface area contributed by atoms with Crippen LogP contribution in [0.5, 0.6) is 0 Å². The number of Topliss-reactive ketones (excluding diaryl/α,β-unsaturated/α-hetero) is 1. The lowest BCUT2D eigenvalue weighted by Crippen LogP contribution is -2.40. The van der Waals surface area contributed by atoms with Crippen molar-refractivity contribution in [3.8, 4) is 0 Å². The quantitative estimate of drug-likeness (QED) is 0.177. The average Bonchev–Trinajstić information content (AvgIpc) is 2.76. The van der Waals surface area contributed by atoms with Crippen molar-refractivity contribution in [2.24, 2.45) is 5.92 Å². The molecule has 0 radical (unpaired) electrons. The summed E-state index contributed by atoms with van der Waals surface area (Å²) >= 11 is 0. The summed E-state index contributed by atoms with van der Waals surface area (Å²) in [5, 5.41) is 8.90. The Kier molecular flexibility index (Phi) is 20.2. The van der Waals surface area contributed by atoms with E-state index < -0.39 is 12.0 Å². The number of ether oxygens (including phenoxy) is 4. The first-order valence-corrected chi connectivity index (χ1v) is 13.3. The Bertz CT molecular complexity index is 522. The van der Waals surface area contributed by atoms with Crippen LogP contribution in [0.4, 0.5) is 0 Å². The zero-order chi connectivity index (χ0) is 24.2. The molecule has 32 heavy (non-hydrogen) atoms. The van der Waals surface area contributed by atoms with E-state index in [4.69, 9.17) is 24.1 Å². The Morgan fingerprint density at radius 3 is 1.72 bits per heavy atom. The lowest BCUT2D eigenvalue weighted by molar-refractivity contribution is -0.148. The summed E-state index contributed by atoms with van der Waals surface area (Å²) in [4.78, 5) is 35.4. The topological polar surface area (TPSA) is 112 Å². The monoisotopic (exact) mass is 497 g/mol. The predicted molar refractivity (Wildman–Crippen MR) is 127 cm³/mol. The number of hydrogen-bond donors (Lipinski definition) is 1. The van der Waals surface area contributed by atoms with E-state index in [1.54, 1.807) is 21.6 Å². The molecule has 1 N–H and O–H groups in total. The summed E-state index contributed by atoms with van der Waals surface area (Å²) in [6.07, 6.45) is 0.760. The van der Waals surface area contributed by atoms with Crippen molar-refractivity contribution in [3.05, 3.63) is 0 Å². The summed E-state index contributed by atoms with van der Waals surface area (Å²) in [5.74, 6) is 0.518. The van der Waals surface area contributed by atoms with Gasteiger partial charge in [-0.25, -0.2) is 4.79 Å². The highest BCUT2D eigenvalue weighted by molar-refractivity contribution is 8.76. The Labute approximate surface area is 199 Å². The molecule has 0 bridgehead atoms. The standard InChI is InChI=1S/C21H39NO8S2/c1-17(2)19(23)5-7-27-8-9-28-10-11-29-12-13-30-14-16-32-31-15-6-20(24)22(4)18(3)21(25)26/h17-18H,5-16H2,1-4H3,(H,25,26). The minimum Gasteiger partial charge on any atom is -0.480 e. The van der Waals surface area contributed by atoms with Crippen LogP contribution in [0.2, 0.25) is 0 Å². The second-order valence-corrected chi connectivity index (χ2v) is 9.94. The van der Waals surface area contributed by atoms with Crippen LogP contribution in [0.25, 0.3) is 0 Å². The third kappa shape index (κ3) is 17.7. The van der Waals surface area contributed by atoms with Crippen molar-refractivity contribution in [3.63, 3.8) is 0 Å². The number of amides is 1. The van der Waals surface area contributed by atoms with Gasteiger partial charge in [0.15, 0.2) is 0 Å². The zero-order valence-electron chi connectivity index (χ0n) is 19.7. The van der Waals surface area contributed by atoms with Gasteiger partial charge < -0.3 is 29.0 Å². The van der Waals surface area contributed by atoms with Crippen LogP contribution in [-0.4, -0.2) is 105 Å². The number of nitrogens with zero attached hydrogens (tertiary/aromatic N) is 1. The molecular weight excluding hydrogens is 458 g/mol. The summed E-state index contributed by atoms with van der Waals surface area (Å²) in [6, 6.07) is -0.811. The van der Waals surface area contributed by atoms with Gasteiger partial charge in [0.1, 0.15) is 11.8 Å². The van der Waals surface area contributed by atoms with Crippen molar-refractivity contribution >= 4 is 39.2 Å². The zero-order valence-corrected chi connectivity index (χ0v) is 21.3. The third-order valence-electron chi connectivity index (χ3n) is 4.38. The predicted octanol–water partition coefficient (Wildman–Crippen LogP) is 2.37. The van der Waals surface area contributed by atoms with Crippen LogP contribution >= 0.6 is 21.6 Å². The first-order valence-electron chi connectivity index (χ1n) is 10.8. The van der Waals surface area contributed by atoms with Gasteiger partial charge in [-0.1, -0.05) is 35.4 Å². The van der Waals surface area contributed by atoms with Crippen LogP contribution < -0.4 is 0 Å². The molecule has 11 heteroatoms. The van der Waals surface area contributed by atoms with E-state index >= 15 is 0 Å². The van der Waals surface area contributed by atoms with Gasteiger partial charge in [0.2, 0.25) is 5.91 Å². The fourth-order valence-electron chi connectivity index (χ4n) is 2.12. The number of rotatable bonds is 22. The number of carbonyl (C=O) groups excluding carboxylic acids is 2. The Balaban J connectivity index is 3.29. The molecule has 0 fully saturated rings. The second-order valence-electron chi connectivity index (χ2n) is 7.23. The number of aliphatic carboxylic acids is 1. The van der Waals surface area contributed by atoms with E-state index in [0.717, 1.165) is 5.75 Å². The minimum atomic E-state index is -1.01. The van der Waals surface area contributed by atoms with Crippen molar-refractivity contribution < 1.29 is 38.4 Å². The van der Waals surface area contributed by atoms with Gasteiger partial charge in [-0.3, -0.25) is 9.59 Å². The Morgan fingerprint density at radius 1 is 0.750 bits per heavy atom. The molecule has 0 aromatic heterocycles. The Hall–Kier alpha value is -0.850. The largest absolute Gasteiger partial charge is 0.480 e.